The molecule has 0 radical (unpaired) electrons. The number of hydrogen-bond acceptors (Lipinski definition) is 10. The fraction of sp³-hybridized carbons (Fsp3) is 0. The van der Waals surface area contributed by atoms with E-state index in [4.69, 9.17) is 0 Å². The van der Waals surface area contributed by atoms with Crippen molar-refractivity contribution in [3.63, 3.8) is 0 Å². The maximum atomic E-state index is 12.2. The second-order valence-corrected chi connectivity index (χ2v) is 31.7. The van der Waals surface area contributed by atoms with Crippen molar-refractivity contribution in [2.75, 3.05) is 0 Å². The zero-order chi connectivity index (χ0) is 86.4. The van der Waals surface area contributed by atoms with Crippen molar-refractivity contribution in [1.82, 2.24) is 28.2 Å². The van der Waals surface area contributed by atoms with Gasteiger partial charge in [0.1, 0.15) is 29.3 Å². The third kappa shape index (κ3) is 12.2. The molecule has 128 heavy (non-hydrogen) atoms. The summed E-state index contributed by atoms with van der Waals surface area (Å²) in [5, 5.41) is 96.0. The molecule has 0 spiro atoms. The Hall–Kier alpha value is -19.1. The Morgan fingerprint density at radius 3 is 0.898 bits per heavy atom. The molecular weight excluding hydrogens is 1570 g/mol. The molecule has 22 rings (SSSR count). The smallest absolute Gasteiger partial charge is 0.104 e. The first kappa shape index (κ1) is 75.2. The number of hydrogen-bond donors (Lipinski definition) is 0. The van der Waals surface area contributed by atoms with E-state index in [1.54, 1.807) is 36.9 Å². The molecule has 6 aromatic heterocycles. The van der Waals surface area contributed by atoms with Crippen LogP contribution in [0.25, 0.3) is 210 Å². The molecule has 0 bridgehead atoms. The van der Waals surface area contributed by atoms with Crippen LogP contribution in [0.4, 0.5) is 0 Å². The number of fused-ring (bicyclic) bond motifs is 12. The molecule has 14 heteroatoms. The lowest BCUT2D eigenvalue weighted by atomic mass is 9.89. The van der Waals surface area contributed by atoms with Crippen LogP contribution in [-0.2, 0) is 0 Å². The highest BCUT2D eigenvalue weighted by atomic mass is 15.0. The number of rotatable bonds is 13. The normalized spacial score (nSPS) is 11.2. The molecule has 0 aliphatic rings. The van der Waals surface area contributed by atoms with Gasteiger partial charge in [-0.1, -0.05) is 170 Å². The molecule has 0 saturated carbocycles. The Kier molecular flexibility index (Phi) is 18.0. The summed E-state index contributed by atoms with van der Waals surface area (Å²) in [6.07, 6.45) is 7.04. The number of aromatic nitrogens is 6. The molecule has 6 heterocycles. The lowest BCUT2D eigenvalue weighted by Crippen LogP contribution is -2.05. The molecule has 0 amide bonds. The monoisotopic (exact) mass is 1620 g/mol. The first-order chi connectivity index (χ1) is 63.1. The van der Waals surface area contributed by atoms with Crippen LogP contribution in [0.15, 0.2) is 365 Å². The Morgan fingerprint density at radius 1 is 0.172 bits per heavy atom. The maximum Gasteiger partial charge on any atom is 0.104 e. The van der Waals surface area contributed by atoms with Crippen molar-refractivity contribution in [2.24, 2.45) is 0 Å². The minimum Gasteiger partial charge on any atom is -0.308 e. The van der Waals surface area contributed by atoms with Crippen LogP contribution >= 0.6 is 0 Å². The zero-order valence-electron chi connectivity index (χ0n) is 67.9. The zero-order valence-corrected chi connectivity index (χ0v) is 67.9. The molecule has 22 aromatic rings. The first-order valence-electron chi connectivity index (χ1n) is 41.4. The van der Waals surface area contributed by atoms with Gasteiger partial charge in [0, 0.05) is 79.0 Å². The molecule has 0 N–H and O–H groups in total. The van der Waals surface area contributed by atoms with Gasteiger partial charge in [-0.3, -0.25) is 9.97 Å². The van der Waals surface area contributed by atoms with Gasteiger partial charge in [0.05, 0.1) is 131 Å². The van der Waals surface area contributed by atoms with Crippen LogP contribution in [0.2, 0.25) is 0 Å². The number of pyridine rings is 2. The molecule has 0 aliphatic heterocycles. The van der Waals surface area contributed by atoms with E-state index < -0.39 is 0 Å². The first-order valence-corrected chi connectivity index (χ1v) is 41.4. The van der Waals surface area contributed by atoms with E-state index in [0.717, 1.165) is 165 Å². The highest BCUT2D eigenvalue weighted by Gasteiger charge is 2.29. The Labute approximate surface area is 733 Å². The molecule has 0 atom stereocenters. The predicted octanol–water partition coefficient (Wildman–Crippen LogP) is 26.8. The molecule has 0 saturated heterocycles. The number of benzene rings is 16. The largest absolute Gasteiger partial charge is 0.308 e. The lowest BCUT2D eigenvalue weighted by Gasteiger charge is -2.19. The predicted molar refractivity (Wildman–Crippen MR) is 506 cm³/mol. The second kappa shape index (κ2) is 30.6. The molecule has 586 valence electrons. The van der Waals surface area contributed by atoms with E-state index in [9.17, 15) is 42.1 Å². The average Bonchev–Trinajstić information content (AvgIpc) is 1.62. The van der Waals surface area contributed by atoms with Crippen LogP contribution in [0.5, 0.6) is 0 Å². The SMILES string of the molecule is N#Cc1cccc(-c2ccc3c4ccccc4n(-c4cc(-c5ccncc5)cc(-n5c6ccccc6c6ccc(-c7cc(C#N)cc(-c8cccc(-c9ccc%10c(c9)c9cc(-c%11ccccc%11C#N)ccc9n%10-c9cc(-c%10ccncc%10)cc(-n%10c%11ccc(-c%12ccccc%12C#N)cc%11c%11cc(-c%12ccccc%12C#N)ccc%11%10)c9C#N)c8C#N)c7)cc65)c4C#N)c3c2)c1. The van der Waals surface area contributed by atoms with Crippen molar-refractivity contribution in [3.05, 3.63) is 409 Å². The second-order valence-electron chi connectivity index (χ2n) is 31.7. The Morgan fingerprint density at radius 2 is 0.484 bits per heavy atom. The van der Waals surface area contributed by atoms with Gasteiger partial charge in [-0.2, -0.15) is 42.1 Å². The van der Waals surface area contributed by atoms with Crippen LogP contribution in [-0.4, -0.2) is 28.2 Å². The summed E-state index contributed by atoms with van der Waals surface area (Å²) in [5.74, 6) is 0. The third-order valence-corrected chi connectivity index (χ3v) is 24.9. The van der Waals surface area contributed by atoms with Crippen molar-refractivity contribution < 1.29 is 0 Å². The van der Waals surface area contributed by atoms with Crippen molar-refractivity contribution in [2.45, 2.75) is 0 Å². The number of para-hydroxylation sites is 2. The summed E-state index contributed by atoms with van der Waals surface area (Å²) in [5.41, 5.74) is 26.6. The highest BCUT2D eigenvalue weighted by Crippen LogP contribution is 2.48. The lowest BCUT2D eigenvalue weighted by molar-refractivity contribution is 1.12. The van der Waals surface area contributed by atoms with Gasteiger partial charge in [-0.15, -0.1) is 0 Å². The van der Waals surface area contributed by atoms with E-state index in [1.807, 2.05) is 218 Å². The average molecular weight is 1630 g/mol. The van der Waals surface area contributed by atoms with Gasteiger partial charge in [0.2, 0.25) is 0 Å². The summed E-state index contributed by atoms with van der Waals surface area (Å²) in [6, 6.07) is 132. The minimum atomic E-state index is 0.351. The van der Waals surface area contributed by atoms with E-state index >= 15 is 0 Å². The van der Waals surface area contributed by atoms with E-state index in [2.05, 4.69) is 186 Å². The third-order valence-electron chi connectivity index (χ3n) is 24.9. The number of nitriles is 8. The topological polar surface area (TPSA) is 236 Å². The molecule has 16 aromatic carbocycles. The summed E-state index contributed by atoms with van der Waals surface area (Å²) in [4.78, 5) is 8.86. The van der Waals surface area contributed by atoms with Gasteiger partial charge >= 0.3 is 0 Å². The van der Waals surface area contributed by atoms with Gasteiger partial charge in [-0.25, -0.2) is 0 Å². The quantitative estimate of drug-likeness (QED) is 0.106. The summed E-state index contributed by atoms with van der Waals surface area (Å²) in [6.45, 7) is 0. The van der Waals surface area contributed by atoms with E-state index in [-0.39, 0.29) is 0 Å². The van der Waals surface area contributed by atoms with Gasteiger partial charge in [0.25, 0.3) is 0 Å². The molecule has 14 nitrogen and oxygen atoms in total. The van der Waals surface area contributed by atoms with Crippen molar-refractivity contribution in [3.8, 4) is 171 Å². The summed E-state index contributed by atoms with van der Waals surface area (Å²) < 4.78 is 8.64. The highest BCUT2D eigenvalue weighted by molar-refractivity contribution is 6.16. The van der Waals surface area contributed by atoms with Crippen LogP contribution in [0, 0.1) is 90.6 Å². The van der Waals surface area contributed by atoms with Crippen LogP contribution < -0.4 is 0 Å². The molecule has 0 fully saturated rings. The molecule has 0 aliphatic carbocycles. The fourth-order valence-electron chi connectivity index (χ4n) is 19.1. The molecular formula is C114H60N14. The van der Waals surface area contributed by atoms with Crippen molar-refractivity contribution >= 4 is 87.2 Å². The van der Waals surface area contributed by atoms with E-state index in [1.165, 1.54) is 0 Å². The number of nitrogens with zero attached hydrogens (tertiary/aromatic N) is 14. The standard InChI is InChI=1S/C114H60N14/c115-61-69-13-11-17-73(47-69)74-27-33-94-92-21-7-9-25-103(92)127(109(94)55-74)113-59-85(72-41-45-124-46-42-72)60-114(102(113)68-122)128-104-26-10-8-22-93(104)95-34-28-75(56-110(95)128)83-48-70(62-116)49-86(50-83)91-24-12-23-90(100(91)66-120)79-32-38-108-99(54-79)98-53-78(89-20-6-3-16-82(89)65-119)31-37-107(98)126(108)112-58-84(71-39-43-123-44-40-71)57-111(101(112)67-121)125-105-35-29-76(87-18-4-1-14-80(87)63-117)51-96(105)97-52-77(30-36-106(97)125)88-19-5-2-15-81(88)64-118/h1-60H. The van der Waals surface area contributed by atoms with E-state index in [0.29, 0.717) is 89.5 Å². The minimum absolute atomic E-state index is 0.351. The van der Waals surface area contributed by atoms with Crippen LogP contribution in [0.1, 0.15) is 44.5 Å². The fourth-order valence-corrected chi connectivity index (χ4v) is 19.1. The van der Waals surface area contributed by atoms with Gasteiger partial charge in [-0.05, 0) is 259 Å². The maximum absolute atomic E-state index is 12.2. The summed E-state index contributed by atoms with van der Waals surface area (Å²) in [7, 11) is 0. The van der Waals surface area contributed by atoms with Gasteiger partial charge < -0.3 is 18.3 Å². The Balaban J connectivity index is 0.716. The van der Waals surface area contributed by atoms with Gasteiger partial charge in [0.15, 0.2) is 0 Å². The molecule has 0 unspecified atom stereocenters. The Bertz CT molecular complexity index is 8830. The summed E-state index contributed by atoms with van der Waals surface area (Å²) >= 11 is 0. The van der Waals surface area contributed by atoms with Crippen LogP contribution in [0.3, 0.4) is 0 Å². The van der Waals surface area contributed by atoms with Crippen molar-refractivity contribution in [1.29, 1.82) is 42.1 Å².